The molecule has 6 nitrogen and oxygen atoms in total. The molecule has 0 bridgehead atoms. The van der Waals surface area contributed by atoms with Crippen LogP contribution in [0.3, 0.4) is 0 Å². The fourth-order valence-corrected chi connectivity index (χ4v) is 1.47. The lowest BCUT2D eigenvalue weighted by Gasteiger charge is -2.22. The number of aryl methyl sites for hydroxylation is 1. The topological polar surface area (TPSA) is 88.3 Å². The van der Waals surface area contributed by atoms with Crippen molar-refractivity contribution in [3.8, 4) is 0 Å². The molecule has 1 aromatic rings. The second kappa shape index (κ2) is 5.90. The van der Waals surface area contributed by atoms with Gasteiger partial charge in [-0.1, -0.05) is 0 Å². The average molecular weight is 280 g/mol. The van der Waals surface area contributed by atoms with Gasteiger partial charge in [-0.25, -0.2) is 4.79 Å². The summed E-state index contributed by atoms with van der Waals surface area (Å²) in [6.45, 7) is 8.44. The van der Waals surface area contributed by atoms with Crippen molar-refractivity contribution in [1.29, 1.82) is 0 Å². The molecule has 1 aromatic heterocycles. The van der Waals surface area contributed by atoms with E-state index in [1.54, 1.807) is 27.7 Å². The summed E-state index contributed by atoms with van der Waals surface area (Å²) in [5, 5.41) is 2.45. The molecule has 6 heteroatoms. The molecule has 0 saturated heterocycles. The largest absolute Gasteiger partial charge is 0.458 e. The summed E-state index contributed by atoms with van der Waals surface area (Å²) in [5.41, 5.74) is -0.398. The third-order valence-corrected chi connectivity index (χ3v) is 2.41. The molecule has 1 heterocycles. The summed E-state index contributed by atoms with van der Waals surface area (Å²) in [6.07, 6.45) is 1.33. The highest BCUT2D eigenvalue weighted by Gasteiger charge is 2.24. The van der Waals surface area contributed by atoms with Gasteiger partial charge >= 0.3 is 5.97 Å². The van der Waals surface area contributed by atoms with Crippen LogP contribution in [0.25, 0.3) is 0 Å². The highest BCUT2D eigenvalue weighted by molar-refractivity contribution is 5.96. The van der Waals surface area contributed by atoms with Crippen LogP contribution in [0.5, 0.6) is 0 Å². The number of amides is 1. The van der Waals surface area contributed by atoms with Crippen molar-refractivity contribution < 1.29 is 14.3 Å². The molecule has 20 heavy (non-hydrogen) atoms. The number of ether oxygens (including phenoxy) is 1. The summed E-state index contributed by atoms with van der Waals surface area (Å²) >= 11 is 0. The van der Waals surface area contributed by atoms with Crippen LogP contribution in [0.2, 0.25) is 0 Å². The number of carbonyl (C=O) groups excluding carboxylic acids is 2. The van der Waals surface area contributed by atoms with Gasteiger partial charge in [-0.15, -0.1) is 0 Å². The van der Waals surface area contributed by atoms with Crippen molar-refractivity contribution in [1.82, 2.24) is 10.3 Å². The maximum Gasteiger partial charge on any atom is 0.328 e. The number of esters is 1. The normalized spacial score (nSPS) is 12.7. The Hall–Kier alpha value is -2.11. The fourth-order valence-electron chi connectivity index (χ4n) is 1.47. The van der Waals surface area contributed by atoms with Gasteiger partial charge in [0.05, 0.1) is 0 Å². The molecule has 1 rings (SSSR count). The summed E-state index contributed by atoms with van der Waals surface area (Å²) in [4.78, 5) is 38.1. The quantitative estimate of drug-likeness (QED) is 0.813. The Bertz CT molecular complexity index is 569. The van der Waals surface area contributed by atoms with Crippen molar-refractivity contribution in [2.75, 3.05) is 0 Å². The molecule has 0 aliphatic heterocycles. The van der Waals surface area contributed by atoms with Gasteiger partial charge in [0.25, 0.3) is 5.91 Å². The van der Waals surface area contributed by atoms with Crippen LogP contribution in [-0.2, 0) is 9.53 Å². The van der Waals surface area contributed by atoms with E-state index in [0.717, 1.165) is 0 Å². The smallest absolute Gasteiger partial charge is 0.328 e. The van der Waals surface area contributed by atoms with E-state index >= 15 is 0 Å². The first-order valence-electron chi connectivity index (χ1n) is 6.33. The zero-order valence-corrected chi connectivity index (χ0v) is 12.4. The minimum atomic E-state index is -0.831. The minimum absolute atomic E-state index is 0.0361. The van der Waals surface area contributed by atoms with E-state index in [1.165, 1.54) is 19.2 Å². The van der Waals surface area contributed by atoms with Gasteiger partial charge < -0.3 is 15.0 Å². The van der Waals surface area contributed by atoms with Gasteiger partial charge in [0, 0.05) is 18.0 Å². The number of carbonyl (C=O) groups is 2. The Balaban J connectivity index is 2.75. The van der Waals surface area contributed by atoms with Crippen LogP contribution in [0, 0.1) is 6.92 Å². The number of aromatic nitrogens is 1. The first-order chi connectivity index (χ1) is 9.10. The highest BCUT2D eigenvalue weighted by Crippen LogP contribution is 2.08. The standard InChI is InChI=1S/C14H20N2O4/c1-8-6-11(17)10(7-15-8)12(18)16-9(2)13(19)20-14(3,4)5/h6-7,9H,1-5H3,(H,15,17)(H,16,18)/t9-/m1/s1. The lowest BCUT2D eigenvalue weighted by atomic mass is 10.2. The van der Waals surface area contributed by atoms with Crippen molar-refractivity contribution in [2.24, 2.45) is 0 Å². The number of rotatable bonds is 3. The van der Waals surface area contributed by atoms with Gasteiger partial charge in [-0.05, 0) is 34.6 Å². The zero-order valence-electron chi connectivity index (χ0n) is 12.4. The number of nitrogens with one attached hydrogen (secondary N) is 2. The van der Waals surface area contributed by atoms with E-state index in [2.05, 4.69) is 10.3 Å². The molecular formula is C14H20N2O4. The average Bonchev–Trinajstić information content (AvgIpc) is 2.26. The van der Waals surface area contributed by atoms with Gasteiger partial charge in [-0.2, -0.15) is 0 Å². The van der Waals surface area contributed by atoms with Crippen LogP contribution in [0.1, 0.15) is 43.7 Å². The molecule has 1 amide bonds. The predicted octanol–water partition coefficient (Wildman–Crippen LogP) is 1.14. The van der Waals surface area contributed by atoms with Crippen molar-refractivity contribution >= 4 is 11.9 Å². The molecule has 0 aliphatic rings. The van der Waals surface area contributed by atoms with Gasteiger partial charge in [-0.3, -0.25) is 9.59 Å². The second-order valence-corrected chi connectivity index (χ2v) is 5.62. The monoisotopic (exact) mass is 280 g/mol. The zero-order chi connectivity index (χ0) is 15.5. The molecule has 0 spiro atoms. The van der Waals surface area contributed by atoms with Crippen LogP contribution < -0.4 is 10.7 Å². The Labute approximate surface area is 117 Å². The SMILES string of the molecule is Cc1cc(=O)c(C(=O)N[C@H](C)C(=O)OC(C)(C)C)c[nH]1. The number of aromatic amines is 1. The molecule has 2 N–H and O–H groups in total. The van der Waals surface area contributed by atoms with E-state index in [9.17, 15) is 14.4 Å². The predicted molar refractivity (Wildman–Crippen MR) is 74.6 cm³/mol. The van der Waals surface area contributed by atoms with Gasteiger partial charge in [0.15, 0.2) is 5.43 Å². The molecule has 0 aliphatic carbocycles. The van der Waals surface area contributed by atoms with Crippen LogP contribution >= 0.6 is 0 Å². The first-order valence-corrected chi connectivity index (χ1v) is 6.33. The van der Waals surface area contributed by atoms with E-state index in [4.69, 9.17) is 4.74 Å². The third-order valence-electron chi connectivity index (χ3n) is 2.41. The number of pyridine rings is 1. The molecule has 1 atom stereocenters. The van der Waals surface area contributed by atoms with E-state index in [-0.39, 0.29) is 5.56 Å². The second-order valence-electron chi connectivity index (χ2n) is 5.62. The van der Waals surface area contributed by atoms with Crippen LogP contribution in [0.15, 0.2) is 17.1 Å². The molecular weight excluding hydrogens is 260 g/mol. The fraction of sp³-hybridized carbons (Fsp3) is 0.500. The lowest BCUT2D eigenvalue weighted by Crippen LogP contribution is -2.43. The Morgan fingerprint density at radius 1 is 1.35 bits per heavy atom. The van der Waals surface area contributed by atoms with E-state index in [0.29, 0.717) is 5.69 Å². The van der Waals surface area contributed by atoms with Gasteiger partial charge in [0.1, 0.15) is 17.2 Å². The van der Waals surface area contributed by atoms with Crippen molar-refractivity contribution in [3.63, 3.8) is 0 Å². The molecule has 0 radical (unpaired) electrons. The van der Waals surface area contributed by atoms with Crippen LogP contribution in [0.4, 0.5) is 0 Å². The number of H-pyrrole nitrogens is 1. The van der Waals surface area contributed by atoms with E-state index in [1.807, 2.05) is 0 Å². The minimum Gasteiger partial charge on any atom is -0.458 e. The summed E-state index contributed by atoms with van der Waals surface area (Å²) in [5.74, 6) is -1.15. The Kier molecular flexibility index (Phi) is 4.70. The molecule has 0 fully saturated rings. The van der Waals surface area contributed by atoms with Crippen molar-refractivity contribution in [3.05, 3.63) is 33.7 Å². The molecule has 0 saturated carbocycles. The number of hydrogen-bond donors (Lipinski definition) is 2. The first kappa shape index (κ1) is 15.9. The Morgan fingerprint density at radius 2 is 1.95 bits per heavy atom. The summed E-state index contributed by atoms with van der Waals surface area (Å²) in [7, 11) is 0. The van der Waals surface area contributed by atoms with Gasteiger partial charge in [0.2, 0.25) is 0 Å². The van der Waals surface area contributed by atoms with Crippen LogP contribution in [-0.4, -0.2) is 28.5 Å². The number of hydrogen-bond acceptors (Lipinski definition) is 4. The lowest BCUT2D eigenvalue weighted by molar-refractivity contribution is -0.156. The third kappa shape index (κ3) is 4.53. The van der Waals surface area contributed by atoms with E-state index < -0.39 is 28.9 Å². The van der Waals surface area contributed by atoms with Crippen molar-refractivity contribution in [2.45, 2.75) is 46.3 Å². The summed E-state index contributed by atoms with van der Waals surface area (Å²) < 4.78 is 5.15. The molecule has 0 aromatic carbocycles. The highest BCUT2D eigenvalue weighted by atomic mass is 16.6. The molecule has 0 unspecified atom stereocenters. The maximum atomic E-state index is 11.9. The molecule has 110 valence electrons. The Morgan fingerprint density at radius 3 is 2.45 bits per heavy atom. The summed E-state index contributed by atoms with van der Waals surface area (Å²) in [6, 6.07) is 0.495. The maximum absolute atomic E-state index is 11.9.